The number of hydrogen-bond donors (Lipinski definition) is 2. The summed E-state index contributed by atoms with van der Waals surface area (Å²) in [6.07, 6.45) is 0. The van der Waals surface area contributed by atoms with Crippen molar-refractivity contribution in [1.82, 2.24) is 10.0 Å². The highest BCUT2D eigenvalue weighted by atomic mass is 32.2. The number of nitrogens with one attached hydrogen (secondary N) is 2. The normalized spacial score (nSPS) is 11.1. The van der Waals surface area contributed by atoms with Crippen LogP contribution in [-0.2, 0) is 14.8 Å². The standard InChI is InChI=1S/C19H22N2O5S/c1-13-7-8-14(2)18(11-13)27(24,25)21-10-9-20-19(23)16-5-4-6-17(12-16)26-15(3)22/h4-8,11-12,21H,9-10H2,1-3H3,(H,20,23). The summed E-state index contributed by atoms with van der Waals surface area (Å²) in [5.74, 6) is -0.603. The Balaban J connectivity index is 1.92. The van der Waals surface area contributed by atoms with Gasteiger partial charge in [0.15, 0.2) is 0 Å². The summed E-state index contributed by atoms with van der Waals surface area (Å²) >= 11 is 0. The average Bonchev–Trinajstić information content (AvgIpc) is 2.60. The first-order chi connectivity index (χ1) is 12.7. The largest absolute Gasteiger partial charge is 0.427 e. The number of rotatable bonds is 7. The van der Waals surface area contributed by atoms with Crippen molar-refractivity contribution in [3.05, 3.63) is 59.2 Å². The molecule has 0 saturated carbocycles. The number of amides is 1. The van der Waals surface area contributed by atoms with E-state index in [-0.39, 0.29) is 23.7 Å². The van der Waals surface area contributed by atoms with Crippen molar-refractivity contribution in [1.29, 1.82) is 0 Å². The number of benzene rings is 2. The van der Waals surface area contributed by atoms with E-state index in [9.17, 15) is 18.0 Å². The highest BCUT2D eigenvalue weighted by Gasteiger charge is 2.16. The summed E-state index contributed by atoms with van der Waals surface area (Å²) in [6.45, 7) is 4.98. The first-order valence-electron chi connectivity index (χ1n) is 8.32. The molecule has 0 aromatic heterocycles. The predicted octanol–water partition coefficient (Wildman–Crippen LogP) is 1.94. The van der Waals surface area contributed by atoms with E-state index in [0.717, 1.165) is 5.56 Å². The molecule has 0 fully saturated rings. The third-order valence-corrected chi connectivity index (χ3v) is 5.30. The van der Waals surface area contributed by atoms with Crippen LogP contribution in [0.4, 0.5) is 0 Å². The van der Waals surface area contributed by atoms with Crippen molar-refractivity contribution in [2.75, 3.05) is 13.1 Å². The van der Waals surface area contributed by atoms with Crippen molar-refractivity contribution in [2.24, 2.45) is 0 Å². The Morgan fingerprint density at radius 3 is 2.48 bits per heavy atom. The van der Waals surface area contributed by atoms with Crippen LogP contribution in [0.1, 0.15) is 28.4 Å². The van der Waals surface area contributed by atoms with E-state index in [1.54, 1.807) is 37.3 Å². The smallest absolute Gasteiger partial charge is 0.308 e. The quantitative estimate of drug-likeness (QED) is 0.427. The van der Waals surface area contributed by atoms with Gasteiger partial charge in [0.25, 0.3) is 5.91 Å². The third kappa shape index (κ3) is 5.90. The van der Waals surface area contributed by atoms with Crippen molar-refractivity contribution < 1.29 is 22.7 Å². The second kappa shape index (κ2) is 8.79. The highest BCUT2D eigenvalue weighted by Crippen LogP contribution is 2.16. The van der Waals surface area contributed by atoms with Crippen LogP contribution in [0, 0.1) is 13.8 Å². The lowest BCUT2D eigenvalue weighted by atomic mass is 10.2. The van der Waals surface area contributed by atoms with Gasteiger partial charge in [0, 0.05) is 25.6 Å². The van der Waals surface area contributed by atoms with Gasteiger partial charge in [-0.2, -0.15) is 0 Å². The maximum Gasteiger partial charge on any atom is 0.308 e. The minimum Gasteiger partial charge on any atom is -0.427 e. The van der Waals surface area contributed by atoms with Gasteiger partial charge < -0.3 is 10.1 Å². The topological polar surface area (TPSA) is 102 Å². The van der Waals surface area contributed by atoms with Gasteiger partial charge in [0.1, 0.15) is 5.75 Å². The lowest BCUT2D eigenvalue weighted by molar-refractivity contribution is -0.131. The van der Waals surface area contributed by atoms with Gasteiger partial charge in [-0.25, -0.2) is 13.1 Å². The van der Waals surface area contributed by atoms with Gasteiger partial charge in [-0.3, -0.25) is 9.59 Å². The SMILES string of the molecule is CC(=O)Oc1cccc(C(=O)NCCNS(=O)(=O)c2cc(C)ccc2C)c1. The molecule has 2 N–H and O–H groups in total. The fraction of sp³-hybridized carbons (Fsp3) is 0.263. The molecule has 8 heteroatoms. The van der Waals surface area contributed by atoms with Crippen LogP contribution in [0.3, 0.4) is 0 Å². The maximum atomic E-state index is 12.4. The summed E-state index contributed by atoms with van der Waals surface area (Å²) in [6, 6.07) is 11.4. The van der Waals surface area contributed by atoms with Gasteiger partial charge in [0.05, 0.1) is 4.90 Å². The Morgan fingerprint density at radius 1 is 1.04 bits per heavy atom. The molecule has 2 rings (SSSR count). The molecule has 7 nitrogen and oxygen atoms in total. The molecule has 0 saturated heterocycles. The second-order valence-electron chi connectivity index (χ2n) is 6.04. The number of ether oxygens (including phenoxy) is 1. The van der Waals surface area contributed by atoms with Gasteiger partial charge in [-0.1, -0.05) is 18.2 Å². The Labute approximate surface area is 158 Å². The molecule has 2 aromatic rings. The van der Waals surface area contributed by atoms with E-state index in [1.807, 2.05) is 13.0 Å². The van der Waals surface area contributed by atoms with E-state index < -0.39 is 21.9 Å². The molecule has 1 amide bonds. The fourth-order valence-electron chi connectivity index (χ4n) is 2.40. The van der Waals surface area contributed by atoms with Gasteiger partial charge in [-0.15, -0.1) is 0 Å². The Kier molecular flexibility index (Phi) is 6.70. The van der Waals surface area contributed by atoms with Crippen LogP contribution in [0.5, 0.6) is 5.75 Å². The Hall–Kier alpha value is -2.71. The van der Waals surface area contributed by atoms with Crippen LogP contribution in [0.25, 0.3) is 0 Å². The number of sulfonamides is 1. The second-order valence-corrected chi connectivity index (χ2v) is 7.78. The summed E-state index contributed by atoms with van der Waals surface area (Å²) < 4.78 is 32.2. The maximum absolute atomic E-state index is 12.4. The van der Waals surface area contributed by atoms with E-state index in [4.69, 9.17) is 4.74 Å². The Bertz CT molecular complexity index is 954. The number of esters is 1. The fourth-order valence-corrected chi connectivity index (χ4v) is 3.76. The first kappa shape index (κ1) is 20.6. The molecule has 0 aliphatic rings. The van der Waals surface area contributed by atoms with Crippen LogP contribution >= 0.6 is 0 Å². The molecule has 0 radical (unpaired) electrons. The third-order valence-electron chi connectivity index (χ3n) is 3.69. The van der Waals surface area contributed by atoms with Gasteiger partial charge in [0.2, 0.25) is 10.0 Å². The van der Waals surface area contributed by atoms with Crippen molar-refractivity contribution in [3.63, 3.8) is 0 Å². The van der Waals surface area contributed by atoms with Crippen molar-refractivity contribution in [3.8, 4) is 5.75 Å². The Morgan fingerprint density at radius 2 is 1.78 bits per heavy atom. The predicted molar refractivity (Wildman–Crippen MR) is 101 cm³/mol. The molecular formula is C19H22N2O5S. The number of hydrogen-bond acceptors (Lipinski definition) is 5. The summed E-state index contributed by atoms with van der Waals surface area (Å²) in [4.78, 5) is 23.3. The summed E-state index contributed by atoms with van der Waals surface area (Å²) in [5.41, 5.74) is 1.81. The zero-order valence-electron chi connectivity index (χ0n) is 15.4. The van der Waals surface area contributed by atoms with E-state index in [2.05, 4.69) is 10.0 Å². The van der Waals surface area contributed by atoms with Crippen molar-refractivity contribution >= 4 is 21.9 Å². The highest BCUT2D eigenvalue weighted by molar-refractivity contribution is 7.89. The molecule has 0 aliphatic heterocycles. The molecule has 0 atom stereocenters. The summed E-state index contributed by atoms with van der Waals surface area (Å²) in [7, 11) is -3.66. The number of carbonyl (C=O) groups excluding carboxylic acids is 2. The van der Waals surface area contributed by atoms with E-state index in [0.29, 0.717) is 11.1 Å². The summed E-state index contributed by atoms with van der Waals surface area (Å²) in [5, 5.41) is 2.62. The number of carbonyl (C=O) groups is 2. The molecule has 0 aliphatic carbocycles. The molecule has 2 aromatic carbocycles. The molecule has 144 valence electrons. The number of aryl methyl sites for hydroxylation is 2. The van der Waals surface area contributed by atoms with Gasteiger partial charge >= 0.3 is 5.97 Å². The molecule has 0 bridgehead atoms. The van der Waals surface area contributed by atoms with Crippen LogP contribution in [0.15, 0.2) is 47.4 Å². The average molecular weight is 390 g/mol. The molecule has 0 heterocycles. The van der Waals surface area contributed by atoms with Crippen LogP contribution in [-0.4, -0.2) is 33.4 Å². The minimum atomic E-state index is -3.66. The van der Waals surface area contributed by atoms with Crippen LogP contribution < -0.4 is 14.8 Å². The lowest BCUT2D eigenvalue weighted by Crippen LogP contribution is -2.35. The molecule has 27 heavy (non-hydrogen) atoms. The van der Waals surface area contributed by atoms with E-state index in [1.165, 1.54) is 13.0 Å². The molecular weight excluding hydrogens is 368 g/mol. The minimum absolute atomic E-state index is 0.0467. The van der Waals surface area contributed by atoms with E-state index >= 15 is 0 Å². The zero-order valence-corrected chi connectivity index (χ0v) is 16.2. The lowest BCUT2D eigenvalue weighted by Gasteiger charge is -2.11. The molecule has 0 spiro atoms. The van der Waals surface area contributed by atoms with Crippen LogP contribution in [0.2, 0.25) is 0 Å². The van der Waals surface area contributed by atoms with Gasteiger partial charge in [-0.05, 0) is 49.2 Å². The molecule has 0 unspecified atom stereocenters. The first-order valence-corrected chi connectivity index (χ1v) is 9.81. The zero-order chi connectivity index (χ0) is 20.0. The van der Waals surface area contributed by atoms with Crippen molar-refractivity contribution in [2.45, 2.75) is 25.7 Å². The monoisotopic (exact) mass is 390 g/mol.